The van der Waals surface area contributed by atoms with Crippen LogP contribution in [0, 0.1) is 5.92 Å². The predicted octanol–water partition coefficient (Wildman–Crippen LogP) is 4.47. The van der Waals surface area contributed by atoms with Crippen molar-refractivity contribution in [2.45, 2.75) is 71.5 Å². The molecule has 80 valence electrons. The zero-order chi connectivity index (χ0) is 10.1. The van der Waals surface area contributed by atoms with E-state index in [0.717, 1.165) is 5.92 Å². The highest BCUT2D eigenvalue weighted by Crippen LogP contribution is 2.14. The molecule has 0 saturated heterocycles. The third kappa shape index (κ3) is 10.1. The van der Waals surface area contributed by atoms with Crippen LogP contribution in [-0.2, 0) is 0 Å². The highest BCUT2D eigenvalue weighted by molar-refractivity contribution is 6.55. The van der Waals surface area contributed by atoms with Gasteiger partial charge in [0.15, 0.2) is 0 Å². The third-order valence-corrected chi connectivity index (χ3v) is 4.49. The first-order valence-corrected chi connectivity index (χ1v) is 9.29. The van der Waals surface area contributed by atoms with Crippen molar-refractivity contribution in [3.8, 4) is 0 Å². The summed E-state index contributed by atoms with van der Waals surface area (Å²) in [5.41, 5.74) is 0. The van der Waals surface area contributed by atoms with Crippen molar-refractivity contribution in [2.75, 3.05) is 0 Å². The fraction of sp³-hybridized carbons (Fsp3) is 1.00. The van der Waals surface area contributed by atoms with Gasteiger partial charge >= 0.3 is 0 Å². The summed E-state index contributed by atoms with van der Waals surface area (Å²) >= 11 is 0. The Morgan fingerprint density at radius 2 is 1.62 bits per heavy atom. The molecule has 0 aliphatic heterocycles. The van der Waals surface area contributed by atoms with Crippen LogP contribution in [0.5, 0.6) is 0 Å². The van der Waals surface area contributed by atoms with Gasteiger partial charge in [0.2, 0.25) is 0 Å². The zero-order valence-electron chi connectivity index (χ0n) is 10.1. The van der Waals surface area contributed by atoms with Crippen molar-refractivity contribution < 1.29 is 0 Å². The van der Waals surface area contributed by atoms with Crippen LogP contribution in [0.3, 0.4) is 0 Å². The molecule has 1 unspecified atom stereocenters. The number of unbranched alkanes of at least 4 members (excludes halogenated alkanes) is 3. The first kappa shape index (κ1) is 13.2. The molecule has 0 rings (SSSR count). The van der Waals surface area contributed by atoms with Gasteiger partial charge in [-0.05, 0) is 5.92 Å². The Kier molecular flexibility index (Phi) is 8.95. The Bertz CT molecular complexity index is 99.3. The third-order valence-electron chi connectivity index (χ3n) is 2.93. The van der Waals surface area contributed by atoms with E-state index in [9.17, 15) is 0 Å². The lowest BCUT2D eigenvalue weighted by atomic mass is 10.0. The zero-order valence-corrected chi connectivity index (χ0v) is 11.3. The number of hydrogen-bond donors (Lipinski definition) is 0. The molecule has 0 amide bonds. The molecule has 0 spiro atoms. The first-order chi connectivity index (χ1) is 6.16. The molecule has 0 fully saturated rings. The van der Waals surface area contributed by atoms with Crippen LogP contribution in [0.25, 0.3) is 0 Å². The van der Waals surface area contributed by atoms with Crippen LogP contribution >= 0.6 is 0 Å². The van der Waals surface area contributed by atoms with Gasteiger partial charge in [0.1, 0.15) is 0 Å². The van der Waals surface area contributed by atoms with Gasteiger partial charge in [-0.2, -0.15) is 0 Å². The molecule has 0 nitrogen and oxygen atoms in total. The standard InChI is InChI=1S/C12H28Si/c1-5-12(2)10-8-6-7-9-11-13(3)4/h12-13H,5-11H2,1-4H3. The minimum absolute atomic E-state index is 0.248. The lowest BCUT2D eigenvalue weighted by molar-refractivity contribution is 0.477. The molecular formula is C12H28Si. The highest BCUT2D eigenvalue weighted by atomic mass is 28.3. The lowest BCUT2D eigenvalue weighted by Gasteiger charge is -2.07. The Labute approximate surface area is 86.7 Å². The quantitative estimate of drug-likeness (QED) is 0.400. The van der Waals surface area contributed by atoms with Gasteiger partial charge in [-0.15, -0.1) is 0 Å². The summed E-state index contributed by atoms with van der Waals surface area (Å²) in [6.45, 7) is 9.59. The van der Waals surface area contributed by atoms with Gasteiger partial charge in [-0.3, -0.25) is 0 Å². The van der Waals surface area contributed by atoms with Gasteiger partial charge in [-0.1, -0.05) is 71.5 Å². The van der Waals surface area contributed by atoms with Crippen LogP contribution < -0.4 is 0 Å². The van der Waals surface area contributed by atoms with Crippen molar-refractivity contribution in [1.29, 1.82) is 0 Å². The maximum atomic E-state index is 2.46. The summed E-state index contributed by atoms with van der Waals surface area (Å²) in [7, 11) is -0.248. The van der Waals surface area contributed by atoms with Crippen molar-refractivity contribution >= 4 is 8.80 Å². The van der Waals surface area contributed by atoms with E-state index < -0.39 is 0 Å². The average molecular weight is 200 g/mol. The summed E-state index contributed by atoms with van der Waals surface area (Å²) in [5.74, 6) is 0.958. The minimum atomic E-state index is -0.248. The molecular weight excluding hydrogens is 172 g/mol. The molecule has 1 atom stereocenters. The Hall–Kier alpha value is 0.217. The summed E-state index contributed by atoms with van der Waals surface area (Å²) in [5, 5.41) is 0. The van der Waals surface area contributed by atoms with E-state index in [1.807, 2.05) is 0 Å². The molecule has 1 heteroatoms. The van der Waals surface area contributed by atoms with Gasteiger partial charge in [0.05, 0.1) is 0 Å². The summed E-state index contributed by atoms with van der Waals surface area (Å²) in [6, 6.07) is 1.56. The van der Waals surface area contributed by atoms with Crippen LogP contribution in [0.1, 0.15) is 52.4 Å². The first-order valence-electron chi connectivity index (χ1n) is 6.16. The van der Waals surface area contributed by atoms with Crippen LogP contribution in [0.4, 0.5) is 0 Å². The summed E-state index contributed by atoms with van der Waals surface area (Å²) < 4.78 is 0. The van der Waals surface area contributed by atoms with E-state index in [2.05, 4.69) is 26.9 Å². The van der Waals surface area contributed by atoms with Crippen molar-refractivity contribution in [1.82, 2.24) is 0 Å². The highest BCUT2D eigenvalue weighted by Gasteiger charge is 1.99. The fourth-order valence-electron chi connectivity index (χ4n) is 1.60. The predicted molar refractivity (Wildman–Crippen MR) is 66.2 cm³/mol. The molecule has 0 aromatic rings. The van der Waals surface area contributed by atoms with Gasteiger partial charge in [0.25, 0.3) is 0 Å². The second-order valence-corrected chi connectivity index (χ2v) is 8.26. The monoisotopic (exact) mass is 200 g/mol. The molecule has 0 aromatic carbocycles. The van der Waals surface area contributed by atoms with Gasteiger partial charge in [0, 0.05) is 8.80 Å². The van der Waals surface area contributed by atoms with Crippen molar-refractivity contribution in [3.63, 3.8) is 0 Å². The van der Waals surface area contributed by atoms with Crippen LogP contribution in [0.2, 0.25) is 19.1 Å². The molecule has 0 aliphatic carbocycles. The normalized spacial score (nSPS) is 13.6. The molecule has 0 bridgehead atoms. The largest absolute Gasteiger partial charge is 0.0722 e. The molecule has 0 radical (unpaired) electrons. The maximum Gasteiger partial charge on any atom is 0.0305 e. The van der Waals surface area contributed by atoms with E-state index in [4.69, 9.17) is 0 Å². The smallest absolute Gasteiger partial charge is 0.0305 e. The number of rotatable bonds is 8. The Morgan fingerprint density at radius 1 is 1.00 bits per heavy atom. The molecule has 0 aliphatic rings. The molecule has 0 aromatic heterocycles. The molecule has 0 saturated carbocycles. The van der Waals surface area contributed by atoms with Crippen LogP contribution in [0.15, 0.2) is 0 Å². The molecule has 0 N–H and O–H groups in total. The lowest BCUT2D eigenvalue weighted by Crippen LogP contribution is -1.98. The fourth-order valence-corrected chi connectivity index (χ4v) is 2.71. The topological polar surface area (TPSA) is 0 Å². The van der Waals surface area contributed by atoms with E-state index in [0.29, 0.717) is 0 Å². The second-order valence-electron chi connectivity index (χ2n) is 4.90. The minimum Gasteiger partial charge on any atom is -0.0722 e. The molecule has 13 heavy (non-hydrogen) atoms. The molecule has 0 heterocycles. The van der Waals surface area contributed by atoms with Gasteiger partial charge in [-0.25, -0.2) is 0 Å². The number of hydrogen-bond acceptors (Lipinski definition) is 0. The van der Waals surface area contributed by atoms with Gasteiger partial charge < -0.3 is 0 Å². The van der Waals surface area contributed by atoms with Crippen molar-refractivity contribution in [2.24, 2.45) is 5.92 Å². The van der Waals surface area contributed by atoms with E-state index in [1.165, 1.54) is 38.5 Å². The van der Waals surface area contributed by atoms with E-state index in [-0.39, 0.29) is 8.80 Å². The summed E-state index contributed by atoms with van der Waals surface area (Å²) in [4.78, 5) is 0. The van der Waals surface area contributed by atoms with E-state index >= 15 is 0 Å². The Balaban J connectivity index is 2.99. The van der Waals surface area contributed by atoms with E-state index in [1.54, 1.807) is 6.04 Å². The van der Waals surface area contributed by atoms with Crippen LogP contribution in [-0.4, -0.2) is 8.80 Å². The maximum absolute atomic E-state index is 2.46. The Morgan fingerprint density at radius 3 is 2.15 bits per heavy atom. The average Bonchev–Trinajstić information content (AvgIpc) is 2.10. The van der Waals surface area contributed by atoms with Crippen molar-refractivity contribution in [3.05, 3.63) is 0 Å². The second kappa shape index (κ2) is 8.80. The SMILES string of the molecule is CCC(C)CCCCCC[SiH](C)C. The summed E-state index contributed by atoms with van der Waals surface area (Å²) in [6.07, 6.45) is 8.75.